The molecule has 5 nitrogen and oxygen atoms in total. The fourth-order valence-corrected chi connectivity index (χ4v) is 6.11. The lowest BCUT2D eigenvalue weighted by molar-refractivity contribution is 0.0724. The SMILES string of the molecule is C=CCN1CCC2CCC(C1)N2Cc1ccc(C(=O)N2CCCCC2)cc1-c1cccc(O)c1. The Bertz CT molecular complexity index is 1030. The van der Waals surface area contributed by atoms with E-state index in [1.807, 2.05) is 35.2 Å². The van der Waals surface area contributed by atoms with Gasteiger partial charge in [-0.15, -0.1) is 6.58 Å². The highest BCUT2D eigenvalue weighted by Gasteiger charge is 2.37. The van der Waals surface area contributed by atoms with E-state index in [4.69, 9.17) is 0 Å². The molecule has 3 aliphatic rings. The predicted molar refractivity (Wildman–Crippen MR) is 137 cm³/mol. The number of aromatic hydroxyl groups is 1. The van der Waals surface area contributed by atoms with Crippen LogP contribution in [0.5, 0.6) is 5.75 Å². The maximum Gasteiger partial charge on any atom is 0.253 e. The molecular formula is C29H37N3O2. The second-order valence-corrected chi connectivity index (χ2v) is 10.2. The molecule has 180 valence electrons. The molecule has 0 aliphatic carbocycles. The van der Waals surface area contributed by atoms with E-state index in [0.29, 0.717) is 12.1 Å². The fraction of sp³-hybridized carbons (Fsp3) is 0.483. The molecule has 3 fully saturated rings. The van der Waals surface area contributed by atoms with Gasteiger partial charge in [-0.1, -0.05) is 24.3 Å². The van der Waals surface area contributed by atoms with Gasteiger partial charge in [-0.3, -0.25) is 14.6 Å². The van der Waals surface area contributed by atoms with Crippen LogP contribution in [0.4, 0.5) is 0 Å². The van der Waals surface area contributed by atoms with Crippen LogP contribution in [-0.4, -0.2) is 70.5 Å². The van der Waals surface area contributed by atoms with Gasteiger partial charge in [-0.2, -0.15) is 0 Å². The van der Waals surface area contributed by atoms with Gasteiger partial charge in [-0.05, 0) is 79.5 Å². The summed E-state index contributed by atoms with van der Waals surface area (Å²) in [6.07, 6.45) is 9.09. The van der Waals surface area contributed by atoms with Crippen LogP contribution in [0.25, 0.3) is 11.1 Å². The molecule has 1 amide bonds. The van der Waals surface area contributed by atoms with E-state index in [1.165, 1.54) is 31.2 Å². The van der Waals surface area contributed by atoms with Crippen molar-refractivity contribution in [2.24, 2.45) is 0 Å². The van der Waals surface area contributed by atoms with Crippen LogP contribution in [-0.2, 0) is 6.54 Å². The van der Waals surface area contributed by atoms with E-state index < -0.39 is 0 Å². The van der Waals surface area contributed by atoms with Crippen molar-refractivity contribution in [2.75, 3.05) is 32.7 Å². The number of fused-ring (bicyclic) bond motifs is 2. The molecule has 34 heavy (non-hydrogen) atoms. The Hall–Kier alpha value is -2.63. The molecule has 3 saturated heterocycles. The lowest BCUT2D eigenvalue weighted by Crippen LogP contribution is -2.39. The molecule has 0 aromatic heterocycles. The number of nitrogens with zero attached hydrogens (tertiary/aromatic N) is 3. The fourth-order valence-electron chi connectivity index (χ4n) is 6.11. The minimum absolute atomic E-state index is 0.127. The first kappa shape index (κ1) is 23.1. The monoisotopic (exact) mass is 459 g/mol. The molecule has 3 aliphatic heterocycles. The summed E-state index contributed by atoms with van der Waals surface area (Å²) >= 11 is 0. The Kier molecular flexibility index (Phi) is 7.02. The number of amides is 1. The number of carbonyl (C=O) groups is 1. The zero-order valence-electron chi connectivity index (χ0n) is 20.2. The van der Waals surface area contributed by atoms with Gasteiger partial charge in [0, 0.05) is 56.9 Å². The molecule has 0 saturated carbocycles. The van der Waals surface area contributed by atoms with E-state index in [2.05, 4.69) is 28.5 Å². The topological polar surface area (TPSA) is 47.0 Å². The second-order valence-electron chi connectivity index (χ2n) is 10.2. The van der Waals surface area contributed by atoms with Crippen LogP contribution in [0.3, 0.4) is 0 Å². The first-order valence-corrected chi connectivity index (χ1v) is 12.9. The average molecular weight is 460 g/mol. The molecule has 1 N–H and O–H groups in total. The van der Waals surface area contributed by atoms with Crippen molar-refractivity contribution in [1.82, 2.24) is 14.7 Å². The van der Waals surface area contributed by atoms with Crippen LogP contribution in [0.1, 0.15) is 54.4 Å². The molecule has 2 bridgehead atoms. The van der Waals surface area contributed by atoms with E-state index in [-0.39, 0.29) is 11.7 Å². The molecule has 5 heteroatoms. The highest BCUT2D eigenvalue weighted by atomic mass is 16.3. The molecular weight excluding hydrogens is 422 g/mol. The van der Waals surface area contributed by atoms with Gasteiger partial charge in [0.1, 0.15) is 5.75 Å². The number of likely N-dealkylation sites (tertiary alicyclic amines) is 2. The summed E-state index contributed by atoms with van der Waals surface area (Å²) in [6.45, 7) is 9.69. The van der Waals surface area contributed by atoms with E-state index in [1.54, 1.807) is 6.07 Å². The molecule has 0 radical (unpaired) electrons. The van der Waals surface area contributed by atoms with Crippen molar-refractivity contribution in [1.29, 1.82) is 0 Å². The smallest absolute Gasteiger partial charge is 0.253 e. The second kappa shape index (κ2) is 10.3. The minimum atomic E-state index is 0.127. The van der Waals surface area contributed by atoms with E-state index in [9.17, 15) is 9.90 Å². The van der Waals surface area contributed by atoms with Crippen molar-refractivity contribution < 1.29 is 9.90 Å². The standard InChI is InChI=1S/C29H37N3O2/c1-2-14-30-17-13-25-11-12-26(21-30)32(25)20-24-10-9-23(29(34)31-15-4-3-5-16-31)19-28(24)22-7-6-8-27(33)18-22/h2,6-10,18-19,25-26,33H,1,3-5,11-17,20-21H2. The normalized spacial score (nSPS) is 23.6. The summed E-state index contributed by atoms with van der Waals surface area (Å²) in [4.78, 5) is 20.5. The van der Waals surface area contributed by atoms with Gasteiger partial charge >= 0.3 is 0 Å². The van der Waals surface area contributed by atoms with Gasteiger partial charge in [0.15, 0.2) is 0 Å². The van der Waals surface area contributed by atoms with Crippen LogP contribution >= 0.6 is 0 Å². The van der Waals surface area contributed by atoms with Gasteiger partial charge in [0.25, 0.3) is 5.91 Å². The highest BCUT2D eigenvalue weighted by molar-refractivity contribution is 5.96. The number of piperidine rings is 1. The first-order chi connectivity index (χ1) is 16.6. The lowest BCUT2D eigenvalue weighted by Gasteiger charge is -2.30. The first-order valence-electron chi connectivity index (χ1n) is 12.9. The van der Waals surface area contributed by atoms with Crippen molar-refractivity contribution in [3.05, 3.63) is 66.2 Å². The van der Waals surface area contributed by atoms with Gasteiger partial charge in [0.2, 0.25) is 0 Å². The van der Waals surface area contributed by atoms with Crippen LogP contribution in [0.2, 0.25) is 0 Å². The Morgan fingerprint density at radius 3 is 2.62 bits per heavy atom. The number of phenols is 1. The number of rotatable bonds is 6. The third-order valence-electron chi connectivity index (χ3n) is 7.92. The van der Waals surface area contributed by atoms with Crippen LogP contribution < -0.4 is 0 Å². The summed E-state index contributed by atoms with van der Waals surface area (Å²) < 4.78 is 0. The van der Waals surface area contributed by atoms with Crippen molar-refractivity contribution in [2.45, 2.75) is 57.2 Å². The van der Waals surface area contributed by atoms with Crippen molar-refractivity contribution in [3.63, 3.8) is 0 Å². The molecule has 2 atom stereocenters. The third-order valence-corrected chi connectivity index (χ3v) is 7.92. The number of hydrogen-bond acceptors (Lipinski definition) is 4. The summed E-state index contributed by atoms with van der Waals surface area (Å²) in [5.41, 5.74) is 4.01. The lowest BCUT2D eigenvalue weighted by atomic mass is 9.95. The predicted octanol–water partition coefficient (Wildman–Crippen LogP) is 4.91. The van der Waals surface area contributed by atoms with Gasteiger partial charge in [-0.25, -0.2) is 0 Å². The number of phenolic OH excluding ortho intramolecular Hbond substituents is 1. The molecule has 2 unspecified atom stereocenters. The molecule has 0 spiro atoms. The van der Waals surface area contributed by atoms with Crippen molar-refractivity contribution in [3.8, 4) is 16.9 Å². The Balaban J connectivity index is 1.45. The Morgan fingerprint density at radius 1 is 1.00 bits per heavy atom. The zero-order chi connectivity index (χ0) is 23.5. The third kappa shape index (κ3) is 4.91. The Labute approximate surface area is 203 Å². The van der Waals surface area contributed by atoms with E-state index in [0.717, 1.165) is 68.8 Å². The molecule has 2 aromatic rings. The quantitative estimate of drug-likeness (QED) is 0.624. The zero-order valence-corrected chi connectivity index (χ0v) is 20.2. The largest absolute Gasteiger partial charge is 0.508 e. The molecule has 2 aromatic carbocycles. The molecule has 3 heterocycles. The van der Waals surface area contributed by atoms with E-state index >= 15 is 0 Å². The minimum Gasteiger partial charge on any atom is -0.508 e. The highest BCUT2D eigenvalue weighted by Crippen LogP contribution is 2.35. The van der Waals surface area contributed by atoms with Gasteiger partial charge < -0.3 is 10.0 Å². The summed E-state index contributed by atoms with van der Waals surface area (Å²) in [5, 5.41) is 10.2. The van der Waals surface area contributed by atoms with Crippen LogP contribution in [0.15, 0.2) is 55.1 Å². The van der Waals surface area contributed by atoms with Gasteiger partial charge in [0.05, 0.1) is 0 Å². The number of hydrogen-bond donors (Lipinski definition) is 1. The Morgan fingerprint density at radius 2 is 1.82 bits per heavy atom. The number of carbonyl (C=O) groups excluding carboxylic acids is 1. The average Bonchev–Trinajstić information content (AvgIpc) is 3.14. The summed E-state index contributed by atoms with van der Waals surface area (Å²) in [6, 6.07) is 14.8. The van der Waals surface area contributed by atoms with Crippen molar-refractivity contribution >= 4 is 5.91 Å². The summed E-state index contributed by atoms with van der Waals surface area (Å²) in [5.74, 6) is 0.383. The summed E-state index contributed by atoms with van der Waals surface area (Å²) in [7, 11) is 0. The maximum atomic E-state index is 13.3. The number of benzene rings is 2. The maximum absolute atomic E-state index is 13.3. The molecule has 5 rings (SSSR count). The van der Waals surface area contributed by atoms with Crippen LogP contribution in [0, 0.1) is 0 Å².